The number of carbonyl (C=O) groups is 3. The second-order valence-corrected chi connectivity index (χ2v) is 9.77. The summed E-state index contributed by atoms with van der Waals surface area (Å²) in [7, 11) is 1.58. The van der Waals surface area contributed by atoms with Crippen LogP contribution in [0.5, 0.6) is 0 Å². The van der Waals surface area contributed by atoms with E-state index < -0.39 is 5.54 Å². The van der Waals surface area contributed by atoms with Gasteiger partial charge >= 0.3 is 6.03 Å². The number of hydrogen-bond donors (Lipinski definition) is 1. The highest BCUT2D eigenvalue weighted by molar-refractivity contribution is 6.07. The molecule has 4 rings (SSSR count). The van der Waals surface area contributed by atoms with Crippen LogP contribution in [0.15, 0.2) is 24.3 Å². The fraction of sp³-hybridized carbons (Fsp3) is 0.625. The van der Waals surface area contributed by atoms with Crippen molar-refractivity contribution in [2.24, 2.45) is 0 Å². The van der Waals surface area contributed by atoms with Gasteiger partial charge in [0, 0.05) is 38.6 Å². The van der Waals surface area contributed by atoms with Crippen LogP contribution in [-0.2, 0) is 9.59 Å². The number of nitrogens with zero attached hydrogens (tertiary/aromatic N) is 3. The smallest absolute Gasteiger partial charge is 0.327 e. The topological polar surface area (TPSA) is 73.0 Å². The summed E-state index contributed by atoms with van der Waals surface area (Å²) >= 11 is 0. The molecule has 3 aliphatic heterocycles. The van der Waals surface area contributed by atoms with Gasteiger partial charge in [0.05, 0.1) is 6.04 Å². The Kier molecular flexibility index (Phi) is 6.00. The van der Waals surface area contributed by atoms with E-state index >= 15 is 0 Å². The lowest BCUT2D eigenvalue weighted by Gasteiger charge is -2.48. The van der Waals surface area contributed by atoms with Crippen molar-refractivity contribution in [1.82, 2.24) is 20.0 Å². The van der Waals surface area contributed by atoms with Crippen LogP contribution in [0.25, 0.3) is 0 Å². The zero-order chi connectivity index (χ0) is 23.2. The van der Waals surface area contributed by atoms with E-state index in [-0.39, 0.29) is 47.8 Å². The van der Waals surface area contributed by atoms with Crippen LogP contribution in [0.3, 0.4) is 0 Å². The van der Waals surface area contributed by atoms with Crippen LogP contribution >= 0.6 is 0 Å². The molecule has 2 bridgehead atoms. The van der Waals surface area contributed by atoms with E-state index in [2.05, 4.69) is 10.2 Å². The first kappa shape index (κ1) is 22.7. The van der Waals surface area contributed by atoms with Crippen LogP contribution in [-0.4, -0.2) is 69.8 Å². The van der Waals surface area contributed by atoms with Crippen LogP contribution in [0, 0.1) is 5.82 Å². The Morgan fingerprint density at radius 3 is 2.44 bits per heavy atom. The van der Waals surface area contributed by atoms with Gasteiger partial charge in [-0.1, -0.05) is 12.1 Å². The second kappa shape index (κ2) is 8.46. The molecule has 3 heterocycles. The average Bonchev–Trinajstić information content (AvgIpc) is 3.07. The lowest BCUT2D eigenvalue weighted by Crippen LogP contribution is -2.61. The van der Waals surface area contributed by atoms with E-state index in [9.17, 15) is 18.8 Å². The molecular weight excluding hydrogens is 411 g/mol. The van der Waals surface area contributed by atoms with Gasteiger partial charge in [-0.3, -0.25) is 19.4 Å². The number of benzene rings is 1. The number of rotatable bonds is 6. The van der Waals surface area contributed by atoms with Crippen molar-refractivity contribution in [2.75, 3.05) is 13.6 Å². The van der Waals surface area contributed by atoms with Gasteiger partial charge in [0.15, 0.2) is 0 Å². The van der Waals surface area contributed by atoms with E-state index in [4.69, 9.17) is 0 Å². The number of urea groups is 1. The fourth-order valence-electron chi connectivity index (χ4n) is 6.18. The molecule has 3 fully saturated rings. The fourth-order valence-corrected chi connectivity index (χ4v) is 6.18. The average molecular weight is 445 g/mol. The van der Waals surface area contributed by atoms with Crippen LogP contribution < -0.4 is 5.32 Å². The Morgan fingerprint density at radius 2 is 1.88 bits per heavy atom. The van der Waals surface area contributed by atoms with E-state index in [1.54, 1.807) is 18.0 Å². The van der Waals surface area contributed by atoms with Crippen molar-refractivity contribution in [1.29, 1.82) is 0 Å². The van der Waals surface area contributed by atoms with Gasteiger partial charge in [-0.2, -0.15) is 0 Å². The maximum atomic E-state index is 13.8. The summed E-state index contributed by atoms with van der Waals surface area (Å²) in [5.74, 6) is -0.547. The van der Waals surface area contributed by atoms with Crippen molar-refractivity contribution in [2.45, 2.75) is 82.6 Å². The third kappa shape index (κ3) is 3.78. The summed E-state index contributed by atoms with van der Waals surface area (Å²) < 4.78 is 13.8. The second-order valence-electron chi connectivity index (χ2n) is 9.77. The minimum absolute atomic E-state index is 0.0422. The first-order chi connectivity index (χ1) is 15.1. The van der Waals surface area contributed by atoms with E-state index in [0.717, 1.165) is 24.9 Å². The number of hydrogen-bond acceptors (Lipinski definition) is 4. The molecule has 4 amide bonds. The highest BCUT2D eigenvalue weighted by Crippen LogP contribution is 2.48. The molecule has 1 aromatic rings. The van der Waals surface area contributed by atoms with Gasteiger partial charge in [-0.25, -0.2) is 9.18 Å². The molecule has 32 heavy (non-hydrogen) atoms. The summed E-state index contributed by atoms with van der Waals surface area (Å²) in [6.07, 6.45) is 3.93. The zero-order valence-electron chi connectivity index (χ0n) is 19.3. The third-order valence-electron chi connectivity index (χ3n) is 7.40. The molecule has 1 N–H and O–H groups in total. The summed E-state index contributed by atoms with van der Waals surface area (Å²) in [5, 5.41) is 2.96. The SMILES string of the molecule is CC(=O)N[C@@H](CCN1C2CCC1CC1(C2)C(=O)N(C)C(=O)N1C(C)C)c1cccc(F)c1. The highest BCUT2D eigenvalue weighted by Gasteiger charge is 2.62. The van der Waals surface area contributed by atoms with Crippen molar-refractivity contribution < 1.29 is 18.8 Å². The van der Waals surface area contributed by atoms with Gasteiger partial charge in [0.1, 0.15) is 11.4 Å². The lowest BCUT2D eigenvalue weighted by atomic mass is 9.80. The molecule has 174 valence electrons. The molecule has 0 saturated carbocycles. The number of piperidine rings is 1. The quantitative estimate of drug-likeness (QED) is 0.685. The predicted octanol–water partition coefficient (Wildman–Crippen LogP) is 3.06. The molecule has 0 radical (unpaired) electrons. The number of nitrogens with one attached hydrogen (secondary N) is 1. The molecule has 0 aliphatic carbocycles. The number of fused-ring (bicyclic) bond motifs is 2. The van der Waals surface area contributed by atoms with Crippen LogP contribution in [0.2, 0.25) is 0 Å². The first-order valence-corrected chi connectivity index (χ1v) is 11.5. The normalized spacial score (nSPS) is 28.8. The number of amides is 4. The number of imide groups is 1. The Bertz CT molecular complexity index is 906. The van der Waals surface area contributed by atoms with Gasteiger partial charge in [0.25, 0.3) is 5.91 Å². The van der Waals surface area contributed by atoms with Crippen LogP contribution in [0.1, 0.15) is 64.5 Å². The van der Waals surface area contributed by atoms with E-state index in [1.807, 2.05) is 19.9 Å². The molecule has 3 aliphatic rings. The standard InChI is InChI=1S/C24H33FN4O3/c1-15(2)29-23(32)27(4)22(31)24(29)13-19-8-9-20(14-24)28(19)11-10-21(26-16(3)30)17-6-5-7-18(25)12-17/h5-7,12,15,19-21H,8-11,13-14H2,1-4H3,(H,26,30)/t19?,20?,21-,24?/m0/s1. The van der Waals surface area contributed by atoms with Crippen molar-refractivity contribution in [3.8, 4) is 0 Å². The molecule has 3 saturated heterocycles. The molecule has 1 aromatic carbocycles. The monoisotopic (exact) mass is 444 g/mol. The van der Waals surface area contributed by atoms with Crippen LogP contribution in [0.4, 0.5) is 9.18 Å². The first-order valence-electron chi connectivity index (χ1n) is 11.5. The Balaban J connectivity index is 1.51. The van der Waals surface area contributed by atoms with Crippen molar-refractivity contribution >= 4 is 17.8 Å². The molecule has 0 aromatic heterocycles. The predicted molar refractivity (Wildman–Crippen MR) is 118 cm³/mol. The molecular formula is C24H33FN4O3. The summed E-state index contributed by atoms with van der Waals surface area (Å²) in [6.45, 7) is 6.15. The Hall–Kier alpha value is -2.48. The number of carbonyl (C=O) groups excluding carboxylic acids is 3. The Morgan fingerprint density at radius 1 is 1.22 bits per heavy atom. The zero-order valence-corrected chi connectivity index (χ0v) is 19.3. The van der Waals surface area contributed by atoms with Gasteiger partial charge < -0.3 is 10.2 Å². The number of likely N-dealkylation sites (N-methyl/N-ethyl adjacent to an activating group) is 1. The minimum atomic E-state index is -0.748. The largest absolute Gasteiger partial charge is 0.349 e. The molecule has 1 spiro atoms. The maximum absolute atomic E-state index is 13.8. The van der Waals surface area contributed by atoms with Gasteiger partial charge in [0.2, 0.25) is 5.91 Å². The summed E-state index contributed by atoms with van der Waals surface area (Å²) in [6, 6.07) is 6.28. The maximum Gasteiger partial charge on any atom is 0.327 e. The summed E-state index contributed by atoms with van der Waals surface area (Å²) in [5.41, 5.74) is 0.00673. The molecule has 3 atom stereocenters. The third-order valence-corrected chi connectivity index (χ3v) is 7.40. The highest BCUT2D eigenvalue weighted by atomic mass is 19.1. The summed E-state index contributed by atoms with van der Waals surface area (Å²) in [4.78, 5) is 43.3. The van der Waals surface area contributed by atoms with E-state index in [1.165, 1.54) is 24.0 Å². The minimum Gasteiger partial charge on any atom is -0.349 e. The molecule has 2 unspecified atom stereocenters. The van der Waals surface area contributed by atoms with Gasteiger partial charge in [-0.05, 0) is 63.6 Å². The molecule has 7 nitrogen and oxygen atoms in total. The van der Waals surface area contributed by atoms with Crippen molar-refractivity contribution in [3.05, 3.63) is 35.6 Å². The lowest BCUT2D eigenvalue weighted by molar-refractivity contribution is -0.137. The molecule has 8 heteroatoms. The van der Waals surface area contributed by atoms with E-state index in [0.29, 0.717) is 19.3 Å². The van der Waals surface area contributed by atoms with Gasteiger partial charge in [-0.15, -0.1) is 0 Å². The Labute approximate surface area is 188 Å². The number of halogens is 1. The van der Waals surface area contributed by atoms with Crippen molar-refractivity contribution in [3.63, 3.8) is 0 Å².